The summed E-state index contributed by atoms with van der Waals surface area (Å²) in [5.74, 6) is -0.221. The zero-order chi connectivity index (χ0) is 20.3. The number of sulfonamides is 1. The highest BCUT2D eigenvalue weighted by atomic mass is 79.9. The third-order valence-electron chi connectivity index (χ3n) is 5.32. The van der Waals surface area contributed by atoms with Crippen LogP contribution in [0.25, 0.3) is 0 Å². The second-order valence-corrected chi connectivity index (χ2v) is 10.2. The van der Waals surface area contributed by atoms with Gasteiger partial charge in [0.25, 0.3) is 0 Å². The van der Waals surface area contributed by atoms with Crippen LogP contribution in [-0.4, -0.2) is 31.7 Å². The van der Waals surface area contributed by atoms with Crippen molar-refractivity contribution in [2.24, 2.45) is 5.92 Å². The van der Waals surface area contributed by atoms with Crippen LogP contribution >= 0.6 is 15.9 Å². The van der Waals surface area contributed by atoms with Crippen molar-refractivity contribution in [3.63, 3.8) is 0 Å². The van der Waals surface area contributed by atoms with E-state index in [1.54, 1.807) is 0 Å². The first-order valence-corrected chi connectivity index (χ1v) is 11.8. The molecule has 0 spiro atoms. The normalized spacial score (nSPS) is 16.1. The molecule has 7 heteroatoms. The number of anilines is 1. The maximum absolute atomic E-state index is 12.7. The smallest absolute Gasteiger partial charge is 0.227 e. The van der Waals surface area contributed by atoms with Crippen LogP contribution in [0.15, 0.2) is 46.9 Å². The van der Waals surface area contributed by atoms with Gasteiger partial charge in [0.1, 0.15) is 0 Å². The minimum Gasteiger partial charge on any atom is -0.326 e. The molecule has 5 nitrogen and oxygen atoms in total. The topological polar surface area (TPSA) is 66.5 Å². The summed E-state index contributed by atoms with van der Waals surface area (Å²) in [6.45, 7) is 4.75. The molecule has 0 bridgehead atoms. The molecule has 2 aromatic rings. The summed E-state index contributed by atoms with van der Waals surface area (Å²) < 4.78 is 27.8. The highest BCUT2D eigenvalue weighted by Crippen LogP contribution is 2.25. The molecule has 1 heterocycles. The van der Waals surface area contributed by atoms with Crippen molar-refractivity contribution in [1.29, 1.82) is 0 Å². The molecule has 1 N–H and O–H groups in total. The molecular formula is C21H25BrN2O3S. The number of benzene rings is 2. The Kier molecular flexibility index (Phi) is 6.58. The average molecular weight is 465 g/mol. The minimum absolute atomic E-state index is 0.0220. The molecule has 0 radical (unpaired) electrons. The molecule has 28 heavy (non-hydrogen) atoms. The van der Waals surface area contributed by atoms with E-state index in [0.29, 0.717) is 25.9 Å². The lowest BCUT2D eigenvalue weighted by Crippen LogP contribution is -2.41. The number of aryl methyl sites for hydroxylation is 1. The second kappa shape index (κ2) is 8.76. The quantitative estimate of drug-likeness (QED) is 0.718. The molecule has 1 aliphatic heterocycles. The first-order chi connectivity index (χ1) is 13.3. The predicted octanol–water partition coefficient (Wildman–Crippen LogP) is 4.25. The van der Waals surface area contributed by atoms with Crippen molar-refractivity contribution in [3.05, 3.63) is 63.6 Å². The number of hydrogen-bond acceptors (Lipinski definition) is 3. The summed E-state index contributed by atoms with van der Waals surface area (Å²) in [6, 6.07) is 13.2. The molecule has 1 amide bonds. The number of halogens is 1. The third-order valence-corrected chi connectivity index (χ3v) is 7.66. The van der Waals surface area contributed by atoms with Crippen molar-refractivity contribution >= 4 is 37.5 Å². The lowest BCUT2D eigenvalue weighted by molar-refractivity contribution is -0.120. The molecule has 2 aromatic carbocycles. The molecule has 3 rings (SSSR count). The molecule has 0 aromatic heterocycles. The van der Waals surface area contributed by atoms with E-state index >= 15 is 0 Å². The van der Waals surface area contributed by atoms with Gasteiger partial charge < -0.3 is 5.32 Å². The molecular weight excluding hydrogens is 440 g/mol. The van der Waals surface area contributed by atoms with E-state index in [0.717, 1.165) is 26.9 Å². The van der Waals surface area contributed by atoms with E-state index in [1.165, 1.54) is 4.31 Å². The molecule has 0 saturated carbocycles. The van der Waals surface area contributed by atoms with Crippen LogP contribution < -0.4 is 5.32 Å². The lowest BCUT2D eigenvalue weighted by atomic mass is 9.97. The fraction of sp³-hybridized carbons (Fsp3) is 0.381. The van der Waals surface area contributed by atoms with Gasteiger partial charge in [-0.3, -0.25) is 4.79 Å². The van der Waals surface area contributed by atoms with E-state index < -0.39 is 10.0 Å². The fourth-order valence-corrected chi connectivity index (χ4v) is 5.44. The number of nitrogens with zero attached hydrogens (tertiary/aromatic N) is 1. The van der Waals surface area contributed by atoms with Gasteiger partial charge >= 0.3 is 0 Å². The fourth-order valence-electron chi connectivity index (χ4n) is 3.45. The molecule has 0 aliphatic carbocycles. The average Bonchev–Trinajstić information content (AvgIpc) is 2.65. The van der Waals surface area contributed by atoms with Crippen LogP contribution in [0.1, 0.15) is 29.5 Å². The Morgan fingerprint density at radius 2 is 1.82 bits per heavy atom. The number of rotatable bonds is 5. The highest BCUT2D eigenvalue weighted by Gasteiger charge is 2.31. The monoisotopic (exact) mass is 464 g/mol. The molecule has 1 saturated heterocycles. The first-order valence-electron chi connectivity index (χ1n) is 9.35. The van der Waals surface area contributed by atoms with Gasteiger partial charge in [-0.25, -0.2) is 12.7 Å². The summed E-state index contributed by atoms with van der Waals surface area (Å²) in [5, 5.41) is 3.01. The zero-order valence-electron chi connectivity index (χ0n) is 16.1. The number of hydrogen-bond donors (Lipinski definition) is 1. The van der Waals surface area contributed by atoms with Gasteiger partial charge in [0, 0.05) is 29.2 Å². The van der Waals surface area contributed by atoms with Gasteiger partial charge in [-0.15, -0.1) is 0 Å². The summed E-state index contributed by atoms with van der Waals surface area (Å²) in [5.41, 5.74) is 3.77. The Bertz CT molecular complexity index is 967. The Labute approximate surface area is 175 Å². The summed E-state index contributed by atoms with van der Waals surface area (Å²) in [7, 11) is -3.39. The SMILES string of the molecule is Cc1cccc(NC(=O)C2CCN(S(=O)(=O)Cc3cccc(Br)c3)CC2)c1C. The summed E-state index contributed by atoms with van der Waals surface area (Å²) in [6.07, 6.45) is 1.07. The number of carbonyl (C=O) groups is 1. The predicted molar refractivity (Wildman–Crippen MR) is 116 cm³/mol. The van der Waals surface area contributed by atoms with Gasteiger partial charge in [-0.2, -0.15) is 0 Å². The van der Waals surface area contributed by atoms with E-state index in [-0.39, 0.29) is 17.6 Å². The maximum atomic E-state index is 12.7. The van der Waals surface area contributed by atoms with E-state index in [9.17, 15) is 13.2 Å². The minimum atomic E-state index is -3.39. The molecule has 1 fully saturated rings. The highest BCUT2D eigenvalue weighted by molar-refractivity contribution is 9.10. The van der Waals surface area contributed by atoms with Gasteiger partial charge in [-0.1, -0.05) is 40.2 Å². The Morgan fingerprint density at radius 1 is 1.14 bits per heavy atom. The van der Waals surface area contributed by atoms with Gasteiger partial charge in [0.2, 0.25) is 15.9 Å². The van der Waals surface area contributed by atoms with Crippen LogP contribution in [0.3, 0.4) is 0 Å². The number of carbonyl (C=O) groups excluding carboxylic acids is 1. The molecule has 1 aliphatic rings. The first kappa shape index (κ1) is 21.0. The van der Waals surface area contributed by atoms with Crippen LogP contribution in [0.2, 0.25) is 0 Å². The zero-order valence-corrected chi connectivity index (χ0v) is 18.5. The Balaban J connectivity index is 1.59. The maximum Gasteiger partial charge on any atom is 0.227 e. The van der Waals surface area contributed by atoms with E-state index in [1.807, 2.05) is 56.3 Å². The van der Waals surface area contributed by atoms with Gasteiger partial charge in [0.05, 0.1) is 5.75 Å². The lowest BCUT2D eigenvalue weighted by Gasteiger charge is -2.30. The van der Waals surface area contributed by atoms with E-state index in [4.69, 9.17) is 0 Å². The molecule has 0 unspecified atom stereocenters. The number of piperidine rings is 1. The van der Waals surface area contributed by atoms with Crippen LogP contribution in [0.5, 0.6) is 0 Å². The van der Waals surface area contributed by atoms with Crippen molar-refractivity contribution in [1.82, 2.24) is 4.31 Å². The van der Waals surface area contributed by atoms with Crippen LogP contribution in [0.4, 0.5) is 5.69 Å². The van der Waals surface area contributed by atoms with Gasteiger partial charge in [0.15, 0.2) is 0 Å². The van der Waals surface area contributed by atoms with Crippen LogP contribution in [-0.2, 0) is 20.6 Å². The van der Waals surface area contributed by atoms with Gasteiger partial charge in [-0.05, 0) is 61.6 Å². The van der Waals surface area contributed by atoms with E-state index in [2.05, 4.69) is 21.2 Å². The molecule has 0 atom stereocenters. The Hall–Kier alpha value is -1.70. The summed E-state index contributed by atoms with van der Waals surface area (Å²) >= 11 is 3.37. The standard InChI is InChI=1S/C21H25BrN2O3S/c1-15-5-3-8-20(16(15)2)23-21(25)18-9-11-24(12-10-18)28(26,27)14-17-6-4-7-19(22)13-17/h3-8,13,18H,9-12,14H2,1-2H3,(H,23,25). The van der Waals surface area contributed by atoms with Crippen molar-refractivity contribution < 1.29 is 13.2 Å². The van der Waals surface area contributed by atoms with Crippen LogP contribution in [0, 0.1) is 19.8 Å². The summed E-state index contributed by atoms with van der Waals surface area (Å²) in [4.78, 5) is 12.6. The number of amides is 1. The third kappa shape index (κ3) is 5.01. The Morgan fingerprint density at radius 3 is 2.50 bits per heavy atom. The van der Waals surface area contributed by atoms with Crippen molar-refractivity contribution in [2.75, 3.05) is 18.4 Å². The number of nitrogens with one attached hydrogen (secondary N) is 1. The van der Waals surface area contributed by atoms with Crippen molar-refractivity contribution in [3.8, 4) is 0 Å². The largest absolute Gasteiger partial charge is 0.326 e. The van der Waals surface area contributed by atoms with Crippen molar-refractivity contribution in [2.45, 2.75) is 32.4 Å². The second-order valence-electron chi connectivity index (χ2n) is 7.30. The molecule has 150 valence electrons.